The molecule has 1 saturated carbocycles. The highest BCUT2D eigenvalue weighted by Gasteiger charge is 2.46. The minimum Gasteiger partial charge on any atom is -0.491 e. The highest BCUT2D eigenvalue weighted by molar-refractivity contribution is 7.88. The summed E-state index contributed by atoms with van der Waals surface area (Å²) in [6, 6.07) is 18.7. The molecule has 57 heavy (non-hydrogen) atoms. The molecular formula is C41H53F2N5O8S. The van der Waals surface area contributed by atoms with Gasteiger partial charge in [-0.3, -0.25) is 19.2 Å². The van der Waals surface area contributed by atoms with Crippen LogP contribution in [0.4, 0.5) is 8.78 Å². The number of nitrogens with one attached hydrogen (secondary N) is 4. The first-order valence-electron chi connectivity index (χ1n) is 18.8. The van der Waals surface area contributed by atoms with Gasteiger partial charge in [0.05, 0.1) is 24.1 Å². The number of nitrogens with zero attached hydrogens (tertiary/aromatic N) is 1. The molecule has 0 saturated heterocycles. The molecule has 3 aromatic carbocycles. The molecule has 4 rings (SSSR count). The molecule has 6 atom stereocenters. The molecule has 4 N–H and O–H groups in total. The average molecular weight is 814 g/mol. The first kappa shape index (κ1) is 44.8. The zero-order valence-electron chi connectivity index (χ0n) is 32.9. The van der Waals surface area contributed by atoms with E-state index in [0.717, 1.165) is 33.8 Å². The van der Waals surface area contributed by atoms with Crippen LogP contribution in [-0.2, 0) is 47.0 Å². The number of hydrogen-bond acceptors (Lipinski definition) is 8. The maximum atomic E-state index is 14.1. The Balaban J connectivity index is 1.49. The Morgan fingerprint density at radius 1 is 0.789 bits per heavy atom. The van der Waals surface area contributed by atoms with Gasteiger partial charge in [-0.1, -0.05) is 74.5 Å². The zero-order chi connectivity index (χ0) is 41.7. The second-order valence-corrected chi connectivity index (χ2v) is 16.7. The fourth-order valence-electron chi connectivity index (χ4n) is 6.77. The van der Waals surface area contributed by atoms with Gasteiger partial charge in [0.15, 0.2) is 0 Å². The SMILES string of the molecule is CO[C@H](CC[C@H](COc1cc(F)cc(F)c1)NC(=O)[C@@H]1C[C@@H](N(C)S(C)(=O)=O)C[C@H]1C(=O)NCc1ccccc1)C(=O)N[C@H](C(=O)NCc1ccccc1)C(C)C. The van der Waals surface area contributed by atoms with Gasteiger partial charge in [0.2, 0.25) is 33.7 Å². The van der Waals surface area contributed by atoms with Crippen molar-refractivity contribution in [1.29, 1.82) is 0 Å². The highest BCUT2D eigenvalue weighted by Crippen LogP contribution is 2.36. The number of hydrogen-bond donors (Lipinski definition) is 4. The largest absolute Gasteiger partial charge is 0.491 e. The average Bonchev–Trinajstić information content (AvgIpc) is 3.62. The van der Waals surface area contributed by atoms with Crippen molar-refractivity contribution >= 4 is 33.7 Å². The van der Waals surface area contributed by atoms with E-state index in [1.165, 1.54) is 14.2 Å². The lowest BCUT2D eigenvalue weighted by Gasteiger charge is -2.27. The lowest BCUT2D eigenvalue weighted by molar-refractivity contribution is -0.136. The number of carbonyl (C=O) groups excluding carboxylic acids is 4. The summed E-state index contributed by atoms with van der Waals surface area (Å²) in [6.45, 7) is 3.77. The number of halogens is 2. The molecule has 1 aliphatic rings. The molecule has 1 fully saturated rings. The van der Waals surface area contributed by atoms with E-state index >= 15 is 0 Å². The number of amides is 4. The van der Waals surface area contributed by atoms with Crippen LogP contribution in [0.25, 0.3) is 0 Å². The minimum atomic E-state index is -3.66. The second-order valence-electron chi connectivity index (χ2n) is 14.7. The Hall–Kier alpha value is -4.93. The van der Waals surface area contributed by atoms with Crippen LogP contribution in [0.1, 0.15) is 50.7 Å². The summed E-state index contributed by atoms with van der Waals surface area (Å²) in [5, 5.41) is 11.4. The summed E-state index contributed by atoms with van der Waals surface area (Å²) in [5.41, 5.74) is 1.73. The molecule has 310 valence electrons. The number of benzene rings is 3. The molecule has 13 nitrogen and oxygen atoms in total. The summed E-state index contributed by atoms with van der Waals surface area (Å²) in [4.78, 5) is 54.4. The van der Waals surface area contributed by atoms with Gasteiger partial charge >= 0.3 is 0 Å². The van der Waals surface area contributed by atoms with Gasteiger partial charge in [0.25, 0.3) is 0 Å². The normalized spacial score (nSPS) is 18.4. The van der Waals surface area contributed by atoms with E-state index in [2.05, 4.69) is 21.3 Å². The van der Waals surface area contributed by atoms with Gasteiger partial charge in [-0.25, -0.2) is 21.5 Å². The summed E-state index contributed by atoms with van der Waals surface area (Å²) in [6.07, 6.45) is 0.203. The standard InChI is InChI=1S/C41H53F2N5O8S/c1-26(2)37(41(52)45-24-28-14-10-7-11-15-28)47-40(51)36(55-4)17-16-31(25-56-33-19-29(42)18-30(43)20-33)46-39(50)35-22-32(48(3)57(5,53)54)21-34(35)38(49)44-23-27-12-8-6-9-13-27/h6-15,18-20,26,31-32,34-37H,16-17,21-25H2,1-5H3,(H,44,49)(H,45,52)(H,46,50)(H,47,51)/t31-,32+,34-,35-,36-,37+/m1/s1. The predicted molar refractivity (Wildman–Crippen MR) is 210 cm³/mol. The van der Waals surface area contributed by atoms with Crippen LogP contribution >= 0.6 is 0 Å². The fourth-order valence-corrected chi connectivity index (χ4v) is 7.49. The Morgan fingerprint density at radius 2 is 1.33 bits per heavy atom. The predicted octanol–water partition coefficient (Wildman–Crippen LogP) is 3.68. The van der Waals surface area contributed by atoms with E-state index in [1.54, 1.807) is 13.8 Å². The second kappa shape index (κ2) is 21.0. The topological polar surface area (TPSA) is 172 Å². The van der Waals surface area contributed by atoms with Crippen molar-refractivity contribution in [3.05, 3.63) is 102 Å². The highest BCUT2D eigenvalue weighted by atomic mass is 32.2. The monoisotopic (exact) mass is 813 g/mol. The van der Waals surface area contributed by atoms with Crippen LogP contribution in [0.15, 0.2) is 78.9 Å². The first-order valence-corrected chi connectivity index (χ1v) is 20.7. The molecule has 0 unspecified atom stereocenters. The molecule has 0 heterocycles. The van der Waals surface area contributed by atoms with Crippen LogP contribution in [-0.4, -0.2) is 87.6 Å². The van der Waals surface area contributed by atoms with Gasteiger partial charge < -0.3 is 30.7 Å². The third-order valence-electron chi connectivity index (χ3n) is 10.1. The van der Waals surface area contributed by atoms with Crippen LogP contribution in [0.5, 0.6) is 5.75 Å². The molecule has 0 aromatic heterocycles. The Labute approximate surface area is 333 Å². The third-order valence-corrected chi connectivity index (χ3v) is 11.4. The van der Waals surface area contributed by atoms with E-state index in [0.29, 0.717) is 6.07 Å². The van der Waals surface area contributed by atoms with Crippen LogP contribution in [0, 0.1) is 29.4 Å². The number of methoxy groups -OCH3 is 1. The van der Waals surface area contributed by atoms with Crippen molar-refractivity contribution in [2.75, 3.05) is 27.0 Å². The first-order chi connectivity index (χ1) is 27.0. The van der Waals surface area contributed by atoms with Gasteiger partial charge in [0, 0.05) is 51.5 Å². The lowest BCUT2D eigenvalue weighted by atomic mass is 9.93. The van der Waals surface area contributed by atoms with Crippen molar-refractivity contribution in [1.82, 2.24) is 25.6 Å². The lowest BCUT2D eigenvalue weighted by Crippen LogP contribution is -2.52. The summed E-state index contributed by atoms with van der Waals surface area (Å²) >= 11 is 0. The van der Waals surface area contributed by atoms with Gasteiger partial charge in [-0.05, 0) is 42.7 Å². The van der Waals surface area contributed by atoms with Gasteiger partial charge in [-0.2, -0.15) is 0 Å². The van der Waals surface area contributed by atoms with E-state index < -0.39 is 75.4 Å². The van der Waals surface area contributed by atoms with Crippen molar-refractivity contribution in [3.63, 3.8) is 0 Å². The summed E-state index contributed by atoms with van der Waals surface area (Å²) < 4.78 is 65.4. The van der Waals surface area contributed by atoms with E-state index in [-0.39, 0.29) is 63.0 Å². The molecule has 1 aliphatic carbocycles. The number of rotatable bonds is 20. The molecule has 0 spiro atoms. The third kappa shape index (κ3) is 13.6. The molecule has 3 aromatic rings. The van der Waals surface area contributed by atoms with Crippen LogP contribution < -0.4 is 26.0 Å². The maximum Gasteiger partial charge on any atom is 0.249 e. The number of ether oxygens (including phenoxy) is 2. The van der Waals surface area contributed by atoms with E-state index in [9.17, 15) is 36.4 Å². The Bertz CT molecular complexity index is 1900. The fraction of sp³-hybridized carbons (Fsp3) is 0.463. The molecule has 16 heteroatoms. The maximum absolute atomic E-state index is 14.1. The number of sulfonamides is 1. The van der Waals surface area contributed by atoms with Crippen LogP contribution in [0.3, 0.4) is 0 Å². The van der Waals surface area contributed by atoms with Gasteiger partial charge in [-0.15, -0.1) is 0 Å². The van der Waals surface area contributed by atoms with Gasteiger partial charge in [0.1, 0.15) is 36.1 Å². The Morgan fingerprint density at radius 3 is 1.86 bits per heavy atom. The Kier molecular flexibility index (Phi) is 16.5. The van der Waals surface area contributed by atoms with E-state index in [1.807, 2.05) is 60.7 Å². The van der Waals surface area contributed by atoms with Crippen molar-refractivity contribution < 1.29 is 45.9 Å². The molecule has 0 bridgehead atoms. The number of carbonyl (C=O) groups is 4. The quantitative estimate of drug-likeness (QED) is 0.134. The van der Waals surface area contributed by atoms with Crippen molar-refractivity contribution in [2.24, 2.45) is 17.8 Å². The summed E-state index contributed by atoms with van der Waals surface area (Å²) in [7, 11) is -0.926. The molecular weight excluding hydrogens is 761 g/mol. The minimum absolute atomic E-state index is 0.0235. The zero-order valence-corrected chi connectivity index (χ0v) is 33.7. The molecule has 0 aliphatic heterocycles. The van der Waals surface area contributed by atoms with Crippen molar-refractivity contribution in [3.8, 4) is 5.75 Å². The molecule has 0 radical (unpaired) electrons. The molecule has 4 amide bonds. The van der Waals surface area contributed by atoms with Crippen LogP contribution in [0.2, 0.25) is 0 Å². The summed E-state index contributed by atoms with van der Waals surface area (Å²) in [5.74, 6) is -5.92. The van der Waals surface area contributed by atoms with Crippen molar-refractivity contribution in [2.45, 2.75) is 76.8 Å². The van der Waals surface area contributed by atoms with E-state index in [4.69, 9.17) is 9.47 Å². The smallest absolute Gasteiger partial charge is 0.249 e.